The zero-order valence-electron chi connectivity index (χ0n) is 25.6. The summed E-state index contributed by atoms with van der Waals surface area (Å²) in [6.07, 6.45) is 42.4. The highest BCUT2D eigenvalue weighted by Gasteiger charge is 2.02. The highest BCUT2D eigenvalue weighted by atomic mass is 16.5. The summed E-state index contributed by atoms with van der Waals surface area (Å²) in [4.78, 5) is 11.9. The number of ether oxygens (including phenoxy) is 1. The number of hydrogen-bond donors (Lipinski definition) is 1. The zero-order valence-corrected chi connectivity index (χ0v) is 25.6. The number of carbonyl (C=O) groups is 1. The lowest BCUT2D eigenvalue weighted by Crippen LogP contribution is -2.05. The molecule has 0 fully saturated rings. The molecule has 1 N–H and O–H groups in total. The molecule has 0 aliphatic heterocycles. The monoisotopic (exact) mass is 535 g/mol. The smallest absolute Gasteiger partial charge is 0.305 e. The minimum atomic E-state index is 0.000779. The van der Waals surface area contributed by atoms with Gasteiger partial charge in [0.25, 0.3) is 0 Å². The van der Waals surface area contributed by atoms with Crippen molar-refractivity contribution in [2.75, 3.05) is 13.2 Å². The summed E-state index contributed by atoms with van der Waals surface area (Å²) in [5, 5.41) is 8.77. The van der Waals surface area contributed by atoms with Gasteiger partial charge in [-0.1, -0.05) is 147 Å². The molecule has 38 heavy (non-hydrogen) atoms. The number of aliphatic hydroxyl groups excluding tert-OH is 1. The molecule has 0 heterocycles. The van der Waals surface area contributed by atoms with Crippen LogP contribution in [0.3, 0.4) is 0 Å². The first-order valence-corrected chi connectivity index (χ1v) is 16.9. The first-order valence-electron chi connectivity index (χ1n) is 16.9. The molecule has 0 spiro atoms. The quantitative estimate of drug-likeness (QED) is 0.0546. The standard InChI is InChI=1S/C35H66O3/c1-2-3-4-5-6-7-8-9-11-14-17-20-23-26-29-32-35(37)38-34-31-28-25-22-19-16-13-10-12-15-18-21-24-27-30-33-36/h6-7,9,11,36H,2-5,8,10,12-34H2,1H3/b7-6-,11-9-. The lowest BCUT2D eigenvalue weighted by atomic mass is 10.0. The Morgan fingerprint density at radius 3 is 1.45 bits per heavy atom. The average Bonchev–Trinajstić information content (AvgIpc) is 2.92. The summed E-state index contributed by atoms with van der Waals surface area (Å²) < 4.78 is 5.42. The van der Waals surface area contributed by atoms with Crippen LogP contribution in [0.25, 0.3) is 0 Å². The Labute approximate surface area is 238 Å². The van der Waals surface area contributed by atoms with Gasteiger partial charge in [0, 0.05) is 13.0 Å². The minimum absolute atomic E-state index is 0.000779. The van der Waals surface area contributed by atoms with Crippen LogP contribution in [0.4, 0.5) is 0 Å². The number of allylic oxidation sites excluding steroid dienone is 4. The second-order valence-corrected chi connectivity index (χ2v) is 11.2. The summed E-state index contributed by atoms with van der Waals surface area (Å²) in [6, 6.07) is 0. The van der Waals surface area contributed by atoms with E-state index in [-0.39, 0.29) is 5.97 Å². The third kappa shape index (κ3) is 32.9. The predicted molar refractivity (Wildman–Crippen MR) is 167 cm³/mol. The van der Waals surface area contributed by atoms with Gasteiger partial charge in [-0.05, 0) is 51.4 Å². The van der Waals surface area contributed by atoms with Crippen LogP contribution in [0.1, 0.15) is 180 Å². The van der Waals surface area contributed by atoms with Crippen molar-refractivity contribution in [2.45, 2.75) is 180 Å². The molecule has 0 aromatic rings. The van der Waals surface area contributed by atoms with Crippen molar-refractivity contribution in [1.29, 1.82) is 0 Å². The Hall–Kier alpha value is -1.09. The van der Waals surface area contributed by atoms with Crippen molar-refractivity contribution in [1.82, 2.24) is 0 Å². The van der Waals surface area contributed by atoms with Crippen LogP contribution < -0.4 is 0 Å². The third-order valence-electron chi connectivity index (χ3n) is 7.40. The van der Waals surface area contributed by atoms with E-state index in [0.717, 1.165) is 32.1 Å². The lowest BCUT2D eigenvalue weighted by Gasteiger charge is -2.05. The number of esters is 1. The lowest BCUT2D eigenvalue weighted by molar-refractivity contribution is -0.143. The van der Waals surface area contributed by atoms with Crippen LogP contribution in [0, 0.1) is 0 Å². The molecule has 0 saturated heterocycles. The summed E-state index contributed by atoms with van der Waals surface area (Å²) in [7, 11) is 0. The van der Waals surface area contributed by atoms with Crippen LogP contribution in [0.15, 0.2) is 24.3 Å². The highest BCUT2D eigenvalue weighted by Crippen LogP contribution is 2.14. The Bertz CT molecular complexity index is 511. The van der Waals surface area contributed by atoms with Crippen LogP contribution >= 0.6 is 0 Å². The van der Waals surface area contributed by atoms with E-state index in [9.17, 15) is 4.79 Å². The maximum Gasteiger partial charge on any atom is 0.305 e. The first kappa shape index (κ1) is 36.9. The molecule has 0 atom stereocenters. The molecule has 0 aliphatic carbocycles. The summed E-state index contributed by atoms with van der Waals surface area (Å²) in [5.41, 5.74) is 0. The summed E-state index contributed by atoms with van der Waals surface area (Å²) in [5.74, 6) is 0.000779. The van der Waals surface area contributed by atoms with Crippen LogP contribution in [0.5, 0.6) is 0 Å². The topological polar surface area (TPSA) is 46.5 Å². The number of rotatable bonds is 31. The average molecular weight is 535 g/mol. The van der Waals surface area contributed by atoms with Crippen molar-refractivity contribution < 1.29 is 14.6 Å². The van der Waals surface area contributed by atoms with Crippen molar-refractivity contribution >= 4 is 5.97 Å². The van der Waals surface area contributed by atoms with Crippen LogP contribution in [-0.4, -0.2) is 24.3 Å². The molecular weight excluding hydrogens is 468 g/mol. The molecule has 0 aliphatic rings. The Kier molecular flexibility index (Phi) is 33.0. The van der Waals surface area contributed by atoms with E-state index in [1.807, 2.05) is 0 Å². The second-order valence-electron chi connectivity index (χ2n) is 11.2. The molecule has 3 nitrogen and oxygen atoms in total. The number of aliphatic hydroxyl groups is 1. The normalized spacial score (nSPS) is 11.7. The summed E-state index contributed by atoms with van der Waals surface area (Å²) in [6.45, 7) is 3.21. The van der Waals surface area contributed by atoms with E-state index < -0.39 is 0 Å². The third-order valence-corrected chi connectivity index (χ3v) is 7.40. The van der Waals surface area contributed by atoms with E-state index in [1.165, 1.54) is 135 Å². The van der Waals surface area contributed by atoms with Crippen molar-refractivity contribution in [2.24, 2.45) is 0 Å². The summed E-state index contributed by atoms with van der Waals surface area (Å²) >= 11 is 0. The molecule has 0 aromatic heterocycles. The predicted octanol–water partition coefficient (Wildman–Crippen LogP) is 11.2. The van der Waals surface area contributed by atoms with Gasteiger partial charge in [0.1, 0.15) is 0 Å². The van der Waals surface area contributed by atoms with Gasteiger partial charge in [-0.2, -0.15) is 0 Å². The first-order chi connectivity index (χ1) is 18.8. The van der Waals surface area contributed by atoms with Gasteiger partial charge in [0.2, 0.25) is 0 Å². The molecule has 0 radical (unpaired) electrons. The van der Waals surface area contributed by atoms with Crippen molar-refractivity contribution in [3.8, 4) is 0 Å². The van der Waals surface area contributed by atoms with Crippen LogP contribution in [0.2, 0.25) is 0 Å². The maximum atomic E-state index is 11.9. The van der Waals surface area contributed by atoms with Gasteiger partial charge in [0.05, 0.1) is 6.61 Å². The number of unbranched alkanes of at least 4 members (excludes halogenated alkanes) is 22. The molecule has 3 heteroatoms. The van der Waals surface area contributed by atoms with Gasteiger partial charge in [-0.3, -0.25) is 4.79 Å². The van der Waals surface area contributed by atoms with Gasteiger partial charge in [0.15, 0.2) is 0 Å². The molecule has 0 bridgehead atoms. The molecule has 224 valence electrons. The fourth-order valence-electron chi connectivity index (χ4n) is 4.85. The minimum Gasteiger partial charge on any atom is -0.466 e. The SMILES string of the molecule is CCCCC/C=C\C/C=C\CCCCCCCC(=O)OCCCCCCCCCCCCCCCCCO. The van der Waals surface area contributed by atoms with Crippen LogP contribution in [-0.2, 0) is 9.53 Å². The molecular formula is C35H66O3. The molecule has 0 amide bonds. The maximum absolute atomic E-state index is 11.9. The molecule has 0 rings (SSSR count). The van der Waals surface area contributed by atoms with E-state index in [2.05, 4.69) is 31.2 Å². The van der Waals surface area contributed by atoms with Crippen molar-refractivity contribution in [3.63, 3.8) is 0 Å². The number of carbonyl (C=O) groups excluding carboxylic acids is 1. The second kappa shape index (κ2) is 33.9. The van der Waals surface area contributed by atoms with E-state index in [1.54, 1.807) is 0 Å². The van der Waals surface area contributed by atoms with Gasteiger partial charge >= 0.3 is 5.97 Å². The van der Waals surface area contributed by atoms with Crippen molar-refractivity contribution in [3.05, 3.63) is 24.3 Å². The Morgan fingerprint density at radius 2 is 0.947 bits per heavy atom. The Balaban J connectivity index is 3.21. The largest absolute Gasteiger partial charge is 0.466 e. The molecule has 0 aromatic carbocycles. The fourth-order valence-corrected chi connectivity index (χ4v) is 4.85. The van der Waals surface area contributed by atoms with Gasteiger partial charge < -0.3 is 9.84 Å². The number of hydrogen-bond acceptors (Lipinski definition) is 3. The highest BCUT2D eigenvalue weighted by molar-refractivity contribution is 5.69. The fraction of sp³-hybridized carbons (Fsp3) is 0.857. The molecule has 0 unspecified atom stereocenters. The van der Waals surface area contributed by atoms with E-state index in [4.69, 9.17) is 9.84 Å². The van der Waals surface area contributed by atoms with Gasteiger partial charge in [-0.25, -0.2) is 0 Å². The van der Waals surface area contributed by atoms with E-state index in [0.29, 0.717) is 19.6 Å². The van der Waals surface area contributed by atoms with E-state index >= 15 is 0 Å². The Morgan fingerprint density at radius 1 is 0.526 bits per heavy atom. The molecule has 0 saturated carbocycles. The van der Waals surface area contributed by atoms with Gasteiger partial charge in [-0.15, -0.1) is 0 Å². The zero-order chi connectivity index (χ0) is 27.6.